The molecule has 0 fully saturated rings. The van der Waals surface area contributed by atoms with E-state index in [1.54, 1.807) is 6.92 Å². The highest BCUT2D eigenvalue weighted by molar-refractivity contribution is 7.92. The molecule has 2 rings (SSSR count). The van der Waals surface area contributed by atoms with Crippen LogP contribution in [0.25, 0.3) is 0 Å². The van der Waals surface area contributed by atoms with E-state index in [0.717, 1.165) is 16.1 Å². The summed E-state index contributed by atoms with van der Waals surface area (Å²) >= 11 is 6.15. The number of amides is 2. The lowest BCUT2D eigenvalue weighted by Gasteiger charge is -2.31. The first-order chi connectivity index (χ1) is 14.6. The third kappa shape index (κ3) is 6.35. The van der Waals surface area contributed by atoms with Crippen molar-refractivity contribution in [2.75, 3.05) is 31.3 Å². The normalized spacial score (nSPS) is 12.0. The number of halogens is 1. The van der Waals surface area contributed by atoms with E-state index in [0.29, 0.717) is 5.75 Å². The quantitative estimate of drug-likeness (QED) is 0.610. The zero-order chi connectivity index (χ0) is 23.2. The number of rotatable bonds is 9. The molecule has 168 valence electrons. The Kier molecular flexibility index (Phi) is 8.29. The Morgan fingerprint density at radius 2 is 1.81 bits per heavy atom. The molecule has 0 heterocycles. The molecule has 8 nitrogen and oxygen atoms in total. The summed E-state index contributed by atoms with van der Waals surface area (Å²) in [4.78, 5) is 26.8. The molecular weight excluding hydrogens is 442 g/mol. The number of sulfonamides is 1. The van der Waals surface area contributed by atoms with Gasteiger partial charge >= 0.3 is 0 Å². The topological polar surface area (TPSA) is 96.0 Å². The monoisotopic (exact) mass is 467 g/mol. The molecule has 10 heteroatoms. The van der Waals surface area contributed by atoms with E-state index in [-0.39, 0.29) is 23.2 Å². The third-order valence-corrected chi connectivity index (χ3v) is 6.15. The van der Waals surface area contributed by atoms with Crippen molar-refractivity contribution in [3.63, 3.8) is 0 Å². The van der Waals surface area contributed by atoms with Crippen LogP contribution in [0.4, 0.5) is 5.69 Å². The second-order valence-corrected chi connectivity index (χ2v) is 9.20. The molecule has 2 aromatic rings. The maximum Gasteiger partial charge on any atom is 0.244 e. The number of carbonyl (C=O) groups excluding carboxylic acids is 2. The molecule has 0 aliphatic rings. The second-order valence-electron chi connectivity index (χ2n) is 6.89. The number of nitrogens with one attached hydrogen (secondary N) is 1. The maximum atomic E-state index is 13.2. The van der Waals surface area contributed by atoms with E-state index in [2.05, 4.69) is 5.32 Å². The van der Waals surface area contributed by atoms with Crippen molar-refractivity contribution in [1.29, 1.82) is 0 Å². The summed E-state index contributed by atoms with van der Waals surface area (Å²) in [5, 5.41) is 2.73. The van der Waals surface area contributed by atoms with E-state index in [1.807, 2.05) is 30.3 Å². The van der Waals surface area contributed by atoms with Crippen LogP contribution >= 0.6 is 11.6 Å². The molecule has 0 bridgehead atoms. The number of methoxy groups -OCH3 is 1. The number of likely N-dealkylation sites (N-methyl/N-ethyl adjacent to an activating group) is 1. The van der Waals surface area contributed by atoms with Crippen molar-refractivity contribution in [2.24, 2.45) is 0 Å². The average Bonchev–Trinajstić information content (AvgIpc) is 2.74. The van der Waals surface area contributed by atoms with E-state index < -0.39 is 28.5 Å². The summed E-state index contributed by atoms with van der Waals surface area (Å²) < 4.78 is 31.0. The number of ether oxygens (including phenoxy) is 1. The van der Waals surface area contributed by atoms with Gasteiger partial charge in [0.05, 0.1) is 24.1 Å². The van der Waals surface area contributed by atoms with Gasteiger partial charge in [-0.2, -0.15) is 0 Å². The van der Waals surface area contributed by atoms with Crippen LogP contribution in [0.3, 0.4) is 0 Å². The van der Waals surface area contributed by atoms with Crippen LogP contribution in [-0.4, -0.2) is 58.1 Å². The second kappa shape index (κ2) is 10.5. The predicted molar refractivity (Wildman–Crippen MR) is 121 cm³/mol. The Morgan fingerprint density at radius 1 is 1.16 bits per heavy atom. The summed E-state index contributed by atoms with van der Waals surface area (Å²) in [5.41, 5.74) is 1.03. The number of hydrogen-bond acceptors (Lipinski definition) is 5. The Balaban J connectivity index is 2.38. The average molecular weight is 468 g/mol. The minimum absolute atomic E-state index is 0.148. The molecule has 31 heavy (non-hydrogen) atoms. The van der Waals surface area contributed by atoms with Crippen molar-refractivity contribution in [2.45, 2.75) is 19.5 Å². The fraction of sp³-hybridized carbons (Fsp3) is 0.333. The summed E-state index contributed by atoms with van der Waals surface area (Å²) in [6.07, 6.45) is 1.00. The molecular formula is C21H26ClN3O5S. The predicted octanol–water partition coefficient (Wildman–Crippen LogP) is 2.28. The zero-order valence-electron chi connectivity index (χ0n) is 17.8. The number of anilines is 1. The Labute approximate surface area is 187 Å². The van der Waals surface area contributed by atoms with Gasteiger partial charge in [-0.1, -0.05) is 41.9 Å². The van der Waals surface area contributed by atoms with E-state index in [1.165, 1.54) is 37.3 Å². The molecule has 0 aliphatic heterocycles. The van der Waals surface area contributed by atoms with Crippen molar-refractivity contribution in [3.05, 3.63) is 59.1 Å². The van der Waals surface area contributed by atoms with Gasteiger partial charge in [-0.05, 0) is 30.7 Å². The molecule has 2 aromatic carbocycles. The molecule has 0 saturated carbocycles. The lowest BCUT2D eigenvalue weighted by atomic mass is 10.1. The lowest BCUT2D eigenvalue weighted by molar-refractivity contribution is -0.139. The van der Waals surface area contributed by atoms with Crippen LogP contribution in [-0.2, 0) is 26.2 Å². The Hall–Kier alpha value is -2.78. The zero-order valence-corrected chi connectivity index (χ0v) is 19.4. The molecule has 1 N–H and O–H groups in total. The number of hydrogen-bond donors (Lipinski definition) is 1. The highest BCUT2D eigenvalue weighted by Crippen LogP contribution is 2.30. The summed E-state index contributed by atoms with van der Waals surface area (Å²) in [6.45, 7) is 1.25. The Bertz CT molecular complexity index is 1030. The standard InChI is InChI=1S/C21H26ClN3O5S/c1-15(21(27)23-2)24(13-16-8-6-5-7-9-16)20(26)14-25(31(4,28)29)17-10-11-19(30-3)18(22)12-17/h5-12,15H,13-14H2,1-4H3,(H,23,27). The van der Waals surface area contributed by atoms with Crippen LogP contribution in [0, 0.1) is 0 Å². The first-order valence-electron chi connectivity index (χ1n) is 9.44. The third-order valence-electron chi connectivity index (χ3n) is 4.71. The van der Waals surface area contributed by atoms with Crippen molar-refractivity contribution >= 4 is 39.1 Å². The van der Waals surface area contributed by atoms with Gasteiger partial charge in [-0.3, -0.25) is 13.9 Å². The van der Waals surface area contributed by atoms with Gasteiger partial charge in [0, 0.05) is 13.6 Å². The Morgan fingerprint density at radius 3 is 2.32 bits per heavy atom. The highest BCUT2D eigenvalue weighted by Gasteiger charge is 2.29. The molecule has 1 atom stereocenters. The minimum atomic E-state index is -3.82. The molecule has 0 radical (unpaired) electrons. The largest absolute Gasteiger partial charge is 0.495 e. The highest BCUT2D eigenvalue weighted by atomic mass is 35.5. The van der Waals surface area contributed by atoms with Crippen molar-refractivity contribution < 1.29 is 22.7 Å². The molecule has 0 saturated heterocycles. The summed E-state index contributed by atoms with van der Waals surface area (Å²) in [7, 11) is -0.898. The van der Waals surface area contributed by atoms with Gasteiger partial charge in [0.25, 0.3) is 0 Å². The van der Waals surface area contributed by atoms with E-state index in [9.17, 15) is 18.0 Å². The molecule has 2 amide bonds. The molecule has 0 aromatic heterocycles. The van der Waals surface area contributed by atoms with Gasteiger partial charge in [-0.15, -0.1) is 0 Å². The first kappa shape index (κ1) is 24.5. The molecule has 1 unspecified atom stereocenters. The molecule has 0 spiro atoms. The SMILES string of the molecule is CNC(=O)C(C)N(Cc1ccccc1)C(=O)CN(c1ccc(OC)c(Cl)c1)S(C)(=O)=O. The van der Waals surface area contributed by atoms with Crippen LogP contribution in [0.5, 0.6) is 5.75 Å². The summed E-state index contributed by atoms with van der Waals surface area (Å²) in [6, 6.07) is 12.8. The van der Waals surface area contributed by atoms with Crippen LogP contribution in [0.2, 0.25) is 5.02 Å². The number of benzene rings is 2. The minimum Gasteiger partial charge on any atom is -0.495 e. The van der Waals surface area contributed by atoms with Gasteiger partial charge in [-0.25, -0.2) is 8.42 Å². The number of carbonyl (C=O) groups is 2. The number of nitrogens with zero attached hydrogens (tertiary/aromatic N) is 2. The summed E-state index contributed by atoms with van der Waals surface area (Å²) in [5.74, 6) is -0.510. The van der Waals surface area contributed by atoms with Gasteiger partial charge in [0.15, 0.2) is 0 Å². The van der Waals surface area contributed by atoms with Crippen molar-refractivity contribution in [1.82, 2.24) is 10.2 Å². The van der Waals surface area contributed by atoms with Gasteiger partial charge in [0.1, 0.15) is 18.3 Å². The fourth-order valence-electron chi connectivity index (χ4n) is 3.00. The fourth-order valence-corrected chi connectivity index (χ4v) is 4.09. The first-order valence-corrected chi connectivity index (χ1v) is 11.7. The van der Waals surface area contributed by atoms with Gasteiger partial charge < -0.3 is 15.0 Å². The smallest absolute Gasteiger partial charge is 0.244 e. The molecule has 0 aliphatic carbocycles. The lowest BCUT2D eigenvalue weighted by Crippen LogP contribution is -2.50. The van der Waals surface area contributed by atoms with E-state index in [4.69, 9.17) is 16.3 Å². The van der Waals surface area contributed by atoms with Crippen LogP contribution in [0.15, 0.2) is 48.5 Å². The maximum absolute atomic E-state index is 13.2. The van der Waals surface area contributed by atoms with Crippen LogP contribution < -0.4 is 14.4 Å². The van der Waals surface area contributed by atoms with Crippen molar-refractivity contribution in [3.8, 4) is 5.75 Å². The van der Waals surface area contributed by atoms with Crippen LogP contribution in [0.1, 0.15) is 12.5 Å². The van der Waals surface area contributed by atoms with Gasteiger partial charge in [0.2, 0.25) is 21.8 Å². The van der Waals surface area contributed by atoms with E-state index >= 15 is 0 Å².